The molecule has 0 bridgehead atoms. The van der Waals surface area contributed by atoms with E-state index in [0.717, 1.165) is 5.33 Å². The Morgan fingerprint density at radius 1 is 1.83 bits per heavy atom. The van der Waals surface area contributed by atoms with Crippen molar-refractivity contribution in [3.8, 4) is 0 Å². The monoisotopic (exact) mass is 151 g/mol. The van der Waals surface area contributed by atoms with E-state index in [9.17, 15) is 0 Å². The van der Waals surface area contributed by atoms with Crippen LogP contribution in [0.5, 0.6) is 0 Å². The molecule has 1 unspecified atom stereocenters. The zero-order chi connectivity index (χ0) is 4.99. The van der Waals surface area contributed by atoms with E-state index in [-0.39, 0.29) is 0 Å². The number of halogens is 1. The normalized spacial score (nSPS) is 14.5. The highest BCUT2D eigenvalue weighted by Gasteiger charge is 1.88. The third-order valence-electron chi connectivity index (χ3n) is 0.724. The first kappa shape index (κ1) is 6.44. The van der Waals surface area contributed by atoms with Crippen molar-refractivity contribution in [1.29, 1.82) is 0 Å². The Hall–Kier alpha value is 0.440. The van der Waals surface area contributed by atoms with Crippen LogP contribution in [0.25, 0.3) is 0 Å². The van der Waals surface area contributed by atoms with Crippen LogP contribution in [0.3, 0.4) is 0 Å². The summed E-state index contributed by atoms with van der Waals surface area (Å²) in [7, 11) is 1.95. The molecule has 0 aromatic heterocycles. The molecule has 0 saturated carbocycles. The van der Waals surface area contributed by atoms with E-state index >= 15 is 0 Å². The lowest BCUT2D eigenvalue weighted by Crippen LogP contribution is -2.21. The second kappa shape index (κ2) is 3.62. The Kier molecular flexibility index (Phi) is 3.89. The van der Waals surface area contributed by atoms with Crippen molar-refractivity contribution in [2.45, 2.75) is 13.0 Å². The lowest BCUT2D eigenvalue weighted by atomic mass is 10.4. The largest absolute Gasteiger partial charge is 0.316 e. The summed E-state index contributed by atoms with van der Waals surface area (Å²) in [6.07, 6.45) is 0. The summed E-state index contributed by atoms with van der Waals surface area (Å²) in [6, 6.07) is 0.602. The zero-order valence-electron chi connectivity index (χ0n) is 4.16. The topological polar surface area (TPSA) is 12.0 Å². The fraction of sp³-hybridized carbons (Fsp3) is 1.00. The molecule has 0 amide bonds. The third kappa shape index (κ3) is 2.67. The summed E-state index contributed by atoms with van der Waals surface area (Å²) in [5.74, 6) is 0. The molecule has 2 heteroatoms. The summed E-state index contributed by atoms with van der Waals surface area (Å²) in [4.78, 5) is 0. The van der Waals surface area contributed by atoms with E-state index in [1.54, 1.807) is 0 Å². The number of rotatable bonds is 2. The van der Waals surface area contributed by atoms with Crippen LogP contribution in [0.2, 0.25) is 0 Å². The van der Waals surface area contributed by atoms with Crippen molar-refractivity contribution in [2.75, 3.05) is 12.4 Å². The van der Waals surface area contributed by atoms with Crippen LogP contribution < -0.4 is 5.32 Å². The van der Waals surface area contributed by atoms with E-state index < -0.39 is 0 Å². The molecule has 0 aliphatic heterocycles. The molecule has 1 atom stereocenters. The van der Waals surface area contributed by atoms with E-state index in [2.05, 4.69) is 28.2 Å². The lowest BCUT2D eigenvalue weighted by Gasteiger charge is -2.01. The summed E-state index contributed by atoms with van der Waals surface area (Å²) in [6.45, 7) is 2.12. The van der Waals surface area contributed by atoms with E-state index in [1.807, 2.05) is 7.05 Å². The fourth-order valence-corrected chi connectivity index (χ4v) is 0.401. The highest BCUT2D eigenvalue weighted by Crippen LogP contribution is 1.84. The van der Waals surface area contributed by atoms with Gasteiger partial charge in [0.05, 0.1) is 0 Å². The van der Waals surface area contributed by atoms with Gasteiger partial charge >= 0.3 is 0 Å². The van der Waals surface area contributed by atoms with Gasteiger partial charge in [0.2, 0.25) is 0 Å². The maximum absolute atomic E-state index is 3.31. The molecule has 0 aliphatic rings. The van der Waals surface area contributed by atoms with Gasteiger partial charge in [0.1, 0.15) is 0 Å². The van der Waals surface area contributed by atoms with Crippen LogP contribution in [-0.4, -0.2) is 18.4 Å². The Morgan fingerprint density at radius 3 is 2.33 bits per heavy atom. The molecule has 38 valence electrons. The second-order valence-electron chi connectivity index (χ2n) is 1.34. The van der Waals surface area contributed by atoms with Gasteiger partial charge in [-0.25, -0.2) is 0 Å². The second-order valence-corrected chi connectivity index (χ2v) is 1.99. The summed E-state index contributed by atoms with van der Waals surface area (Å²) in [5.41, 5.74) is 0. The maximum Gasteiger partial charge on any atom is 0.0183 e. The third-order valence-corrected chi connectivity index (χ3v) is 1.70. The first-order valence-corrected chi connectivity index (χ1v) is 3.16. The van der Waals surface area contributed by atoms with Gasteiger partial charge in [0.15, 0.2) is 0 Å². The maximum atomic E-state index is 3.31. The van der Waals surface area contributed by atoms with Gasteiger partial charge in [-0.3, -0.25) is 0 Å². The van der Waals surface area contributed by atoms with E-state index in [4.69, 9.17) is 0 Å². The molecule has 0 aromatic carbocycles. The molecule has 0 rings (SSSR count). The molecule has 1 nitrogen and oxygen atoms in total. The van der Waals surface area contributed by atoms with Gasteiger partial charge in [0.25, 0.3) is 0 Å². The summed E-state index contributed by atoms with van der Waals surface area (Å²) < 4.78 is 0. The van der Waals surface area contributed by atoms with Crippen LogP contribution in [0, 0.1) is 0 Å². The van der Waals surface area contributed by atoms with Gasteiger partial charge in [-0.1, -0.05) is 15.9 Å². The zero-order valence-corrected chi connectivity index (χ0v) is 5.75. The minimum atomic E-state index is 0.602. The van der Waals surface area contributed by atoms with E-state index in [1.165, 1.54) is 0 Å². The summed E-state index contributed by atoms with van der Waals surface area (Å²) in [5, 5.41) is 4.10. The van der Waals surface area contributed by atoms with Crippen molar-refractivity contribution in [1.82, 2.24) is 5.32 Å². The molecule has 0 spiro atoms. The molecule has 0 radical (unpaired) electrons. The van der Waals surface area contributed by atoms with Crippen LogP contribution in [-0.2, 0) is 0 Å². The van der Waals surface area contributed by atoms with Crippen LogP contribution in [0.15, 0.2) is 0 Å². The van der Waals surface area contributed by atoms with Gasteiger partial charge in [0, 0.05) is 11.4 Å². The molecule has 0 fully saturated rings. The highest BCUT2D eigenvalue weighted by atomic mass is 79.9. The molecule has 6 heavy (non-hydrogen) atoms. The summed E-state index contributed by atoms with van der Waals surface area (Å²) >= 11 is 3.31. The van der Waals surface area contributed by atoms with Gasteiger partial charge in [-0.05, 0) is 14.0 Å². The van der Waals surface area contributed by atoms with Gasteiger partial charge < -0.3 is 5.32 Å². The minimum Gasteiger partial charge on any atom is -0.316 e. The molecule has 0 aliphatic carbocycles. The molecular weight excluding hydrogens is 142 g/mol. The first-order chi connectivity index (χ1) is 2.81. The Balaban J connectivity index is 2.75. The van der Waals surface area contributed by atoms with Crippen molar-refractivity contribution in [3.63, 3.8) is 0 Å². The van der Waals surface area contributed by atoms with Crippen LogP contribution in [0.4, 0.5) is 0 Å². The molecule has 0 heterocycles. The average molecular weight is 152 g/mol. The van der Waals surface area contributed by atoms with Crippen molar-refractivity contribution in [2.24, 2.45) is 0 Å². The standard InChI is InChI=1S/C4H10BrN/c1-4(3-5)6-2/h4,6H,3H2,1-2H3. The fourth-order valence-electron chi connectivity index (χ4n) is 0.0772. The number of hydrogen-bond acceptors (Lipinski definition) is 1. The van der Waals surface area contributed by atoms with Crippen molar-refractivity contribution < 1.29 is 0 Å². The smallest absolute Gasteiger partial charge is 0.0183 e. The number of hydrogen-bond donors (Lipinski definition) is 1. The average Bonchev–Trinajstić information content (AvgIpc) is 1.65. The minimum absolute atomic E-state index is 0.602. The first-order valence-electron chi connectivity index (χ1n) is 2.04. The quantitative estimate of drug-likeness (QED) is 0.581. The number of alkyl halides is 1. The van der Waals surface area contributed by atoms with Gasteiger partial charge in [-0.2, -0.15) is 0 Å². The highest BCUT2D eigenvalue weighted by molar-refractivity contribution is 9.09. The lowest BCUT2D eigenvalue weighted by molar-refractivity contribution is 0.681. The Labute approximate surface area is 47.3 Å². The predicted molar refractivity (Wildman–Crippen MR) is 32.3 cm³/mol. The molecule has 1 N–H and O–H groups in total. The van der Waals surface area contributed by atoms with Crippen molar-refractivity contribution >= 4 is 15.9 Å². The SMILES string of the molecule is CNC(C)CBr. The van der Waals surface area contributed by atoms with Crippen LogP contribution in [0.1, 0.15) is 6.92 Å². The Morgan fingerprint density at radius 2 is 2.33 bits per heavy atom. The Bertz CT molecular complexity index is 26.7. The number of nitrogens with one attached hydrogen (secondary N) is 1. The molecular formula is C4H10BrN. The van der Waals surface area contributed by atoms with Gasteiger partial charge in [-0.15, -0.1) is 0 Å². The molecule has 0 aromatic rings. The predicted octanol–water partition coefficient (Wildman–Crippen LogP) is 0.989. The van der Waals surface area contributed by atoms with E-state index in [0.29, 0.717) is 6.04 Å². The van der Waals surface area contributed by atoms with Crippen LogP contribution >= 0.6 is 15.9 Å². The molecule has 0 saturated heterocycles. The van der Waals surface area contributed by atoms with Crippen molar-refractivity contribution in [3.05, 3.63) is 0 Å².